The van der Waals surface area contributed by atoms with Crippen molar-refractivity contribution in [2.75, 3.05) is 12.8 Å². The van der Waals surface area contributed by atoms with Crippen molar-refractivity contribution in [1.82, 2.24) is 0 Å². The van der Waals surface area contributed by atoms with E-state index < -0.39 is 0 Å². The molecule has 1 aromatic rings. The molecule has 0 aromatic heterocycles. The molecule has 0 aliphatic carbocycles. The zero-order valence-electron chi connectivity index (χ0n) is 9.27. The molecule has 0 saturated heterocycles. The third-order valence-corrected chi connectivity index (χ3v) is 1.90. The number of hydrogen-bond donors (Lipinski definition) is 1. The van der Waals surface area contributed by atoms with Gasteiger partial charge in [-0.1, -0.05) is 19.2 Å². The average Bonchev–Trinajstić information content (AvgIpc) is 2.30. The summed E-state index contributed by atoms with van der Waals surface area (Å²) in [6, 6.07) is 5.19. The van der Waals surface area contributed by atoms with Crippen molar-refractivity contribution < 1.29 is 9.47 Å². The Morgan fingerprint density at radius 2 is 2.06 bits per heavy atom. The first kappa shape index (κ1) is 11.9. The van der Waals surface area contributed by atoms with Gasteiger partial charge in [-0.3, -0.25) is 0 Å². The van der Waals surface area contributed by atoms with Crippen LogP contribution in [-0.2, 0) is 0 Å². The summed E-state index contributed by atoms with van der Waals surface area (Å²) >= 11 is 0. The SMILES string of the molecule is C=C/C=C(\C=C)Oc1ccc(N)cc1OC. The fraction of sp³-hybridized carbons (Fsp3) is 0.0769. The van der Waals surface area contributed by atoms with E-state index in [1.165, 1.54) is 0 Å². The van der Waals surface area contributed by atoms with Gasteiger partial charge in [-0.15, -0.1) is 0 Å². The summed E-state index contributed by atoms with van der Waals surface area (Å²) in [5.41, 5.74) is 6.26. The summed E-state index contributed by atoms with van der Waals surface area (Å²) in [4.78, 5) is 0. The number of benzene rings is 1. The van der Waals surface area contributed by atoms with E-state index in [0.717, 1.165) is 0 Å². The summed E-state index contributed by atoms with van der Waals surface area (Å²) < 4.78 is 10.7. The molecule has 0 unspecified atom stereocenters. The van der Waals surface area contributed by atoms with Crippen molar-refractivity contribution in [1.29, 1.82) is 0 Å². The highest BCUT2D eigenvalue weighted by molar-refractivity contribution is 5.52. The topological polar surface area (TPSA) is 44.5 Å². The number of nitrogens with two attached hydrogens (primary N) is 1. The van der Waals surface area contributed by atoms with Gasteiger partial charge in [0.05, 0.1) is 7.11 Å². The maximum absolute atomic E-state index is 5.64. The third kappa shape index (κ3) is 2.92. The normalized spacial score (nSPS) is 10.7. The highest BCUT2D eigenvalue weighted by Crippen LogP contribution is 2.30. The molecule has 0 aliphatic heterocycles. The van der Waals surface area contributed by atoms with Crippen molar-refractivity contribution in [2.45, 2.75) is 0 Å². The molecule has 3 heteroatoms. The molecule has 16 heavy (non-hydrogen) atoms. The molecule has 1 rings (SSSR count). The molecule has 0 radical (unpaired) electrons. The zero-order valence-corrected chi connectivity index (χ0v) is 9.27. The van der Waals surface area contributed by atoms with Crippen molar-refractivity contribution in [3.05, 3.63) is 55.3 Å². The predicted octanol–water partition coefficient (Wildman–Crippen LogP) is 2.91. The van der Waals surface area contributed by atoms with Gasteiger partial charge in [0.25, 0.3) is 0 Å². The van der Waals surface area contributed by atoms with Crippen LogP contribution in [0.5, 0.6) is 11.5 Å². The number of allylic oxidation sites excluding steroid dienone is 3. The van der Waals surface area contributed by atoms with Crippen LogP contribution in [0.4, 0.5) is 5.69 Å². The van der Waals surface area contributed by atoms with Crippen molar-refractivity contribution in [3.63, 3.8) is 0 Å². The van der Waals surface area contributed by atoms with E-state index in [4.69, 9.17) is 15.2 Å². The van der Waals surface area contributed by atoms with Gasteiger partial charge >= 0.3 is 0 Å². The molecular weight excluding hydrogens is 202 g/mol. The molecule has 1 aromatic carbocycles. The number of ether oxygens (including phenoxy) is 2. The van der Waals surface area contributed by atoms with Crippen LogP contribution < -0.4 is 15.2 Å². The Bertz CT molecular complexity index is 422. The molecule has 0 fully saturated rings. The minimum Gasteiger partial charge on any atom is -0.493 e. The van der Waals surface area contributed by atoms with E-state index in [1.807, 2.05) is 0 Å². The Kier molecular flexibility index (Phi) is 4.21. The van der Waals surface area contributed by atoms with Crippen LogP contribution >= 0.6 is 0 Å². The summed E-state index contributed by atoms with van der Waals surface area (Å²) in [7, 11) is 1.56. The van der Waals surface area contributed by atoms with Gasteiger partial charge < -0.3 is 15.2 Å². The van der Waals surface area contributed by atoms with Gasteiger partial charge in [0.1, 0.15) is 5.76 Å². The zero-order chi connectivity index (χ0) is 12.0. The first-order chi connectivity index (χ1) is 7.71. The standard InChI is InChI=1S/C13H15NO2/c1-4-6-11(5-2)16-12-8-7-10(14)9-13(12)15-3/h4-9H,1-2,14H2,3H3/b11-6+. The molecule has 0 amide bonds. The fourth-order valence-electron chi connectivity index (χ4n) is 1.16. The van der Waals surface area contributed by atoms with E-state index in [9.17, 15) is 0 Å². The molecule has 0 saturated carbocycles. The van der Waals surface area contributed by atoms with E-state index in [1.54, 1.807) is 43.5 Å². The van der Waals surface area contributed by atoms with Crippen molar-refractivity contribution >= 4 is 5.69 Å². The van der Waals surface area contributed by atoms with Crippen LogP contribution in [-0.4, -0.2) is 7.11 Å². The third-order valence-electron chi connectivity index (χ3n) is 1.90. The maximum atomic E-state index is 5.64. The summed E-state index contributed by atoms with van der Waals surface area (Å²) in [6.07, 6.45) is 4.93. The lowest BCUT2D eigenvalue weighted by Crippen LogP contribution is -1.96. The second-order valence-electron chi connectivity index (χ2n) is 3.02. The van der Waals surface area contributed by atoms with Gasteiger partial charge in [-0.2, -0.15) is 0 Å². The van der Waals surface area contributed by atoms with Gasteiger partial charge in [-0.25, -0.2) is 0 Å². The molecule has 0 atom stereocenters. The van der Waals surface area contributed by atoms with E-state index in [2.05, 4.69) is 13.2 Å². The Morgan fingerprint density at radius 3 is 2.62 bits per heavy atom. The molecule has 84 valence electrons. The molecule has 0 heterocycles. The number of rotatable bonds is 5. The van der Waals surface area contributed by atoms with Gasteiger partial charge in [0, 0.05) is 11.8 Å². The first-order valence-electron chi connectivity index (χ1n) is 4.77. The molecule has 3 nitrogen and oxygen atoms in total. The minimum atomic E-state index is 0.580. The Morgan fingerprint density at radius 1 is 1.31 bits per heavy atom. The molecule has 2 N–H and O–H groups in total. The Hall–Kier alpha value is -2.16. The van der Waals surface area contributed by atoms with E-state index in [0.29, 0.717) is 22.9 Å². The predicted molar refractivity (Wildman–Crippen MR) is 66.5 cm³/mol. The van der Waals surface area contributed by atoms with Crippen LogP contribution in [0.15, 0.2) is 55.3 Å². The minimum absolute atomic E-state index is 0.580. The van der Waals surface area contributed by atoms with Gasteiger partial charge in [0.15, 0.2) is 11.5 Å². The van der Waals surface area contributed by atoms with Crippen LogP contribution in [0.2, 0.25) is 0 Å². The lowest BCUT2D eigenvalue weighted by atomic mass is 10.3. The molecule has 0 spiro atoms. The second-order valence-corrected chi connectivity index (χ2v) is 3.02. The number of nitrogen functional groups attached to an aromatic ring is 1. The van der Waals surface area contributed by atoms with Gasteiger partial charge in [-0.05, 0) is 24.3 Å². The summed E-state index contributed by atoms with van der Waals surface area (Å²) in [5, 5.41) is 0. The second kappa shape index (κ2) is 5.66. The quantitative estimate of drug-likeness (QED) is 0.468. The van der Waals surface area contributed by atoms with E-state index in [-0.39, 0.29) is 0 Å². The number of anilines is 1. The smallest absolute Gasteiger partial charge is 0.169 e. The fourth-order valence-corrected chi connectivity index (χ4v) is 1.16. The van der Waals surface area contributed by atoms with E-state index >= 15 is 0 Å². The number of hydrogen-bond acceptors (Lipinski definition) is 3. The Labute approximate surface area is 95.5 Å². The van der Waals surface area contributed by atoms with Crippen LogP contribution in [0, 0.1) is 0 Å². The van der Waals surface area contributed by atoms with Crippen molar-refractivity contribution in [2.24, 2.45) is 0 Å². The summed E-state index contributed by atoms with van der Waals surface area (Å²) in [6.45, 7) is 7.23. The monoisotopic (exact) mass is 217 g/mol. The lowest BCUT2D eigenvalue weighted by molar-refractivity contribution is 0.368. The van der Waals surface area contributed by atoms with Crippen LogP contribution in [0.25, 0.3) is 0 Å². The van der Waals surface area contributed by atoms with Crippen molar-refractivity contribution in [3.8, 4) is 11.5 Å². The number of methoxy groups -OCH3 is 1. The Balaban J connectivity index is 3.00. The van der Waals surface area contributed by atoms with Crippen LogP contribution in [0.3, 0.4) is 0 Å². The summed E-state index contributed by atoms with van der Waals surface area (Å²) in [5.74, 6) is 1.76. The van der Waals surface area contributed by atoms with Gasteiger partial charge in [0.2, 0.25) is 0 Å². The molecule has 0 bridgehead atoms. The lowest BCUT2D eigenvalue weighted by Gasteiger charge is -2.10. The largest absolute Gasteiger partial charge is 0.493 e. The highest BCUT2D eigenvalue weighted by atomic mass is 16.5. The molecule has 0 aliphatic rings. The average molecular weight is 217 g/mol. The molecular formula is C13H15NO2. The maximum Gasteiger partial charge on any atom is 0.169 e. The highest BCUT2D eigenvalue weighted by Gasteiger charge is 2.05. The van der Waals surface area contributed by atoms with Crippen LogP contribution in [0.1, 0.15) is 0 Å². The first-order valence-corrected chi connectivity index (χ1v) is 4.77.